The number of carbonyl (C=O) groups is 1. The Labute approximate surface area is 144 Å². The highest BCUT2D eigenvalue weighted by Crippen LogP contribution is 2.38. The maximum Gasteiger partial charge on any atom is 0.318 e. The molecule has 0 aliphatic carbocycles. The number of aryl methyl sites for hydroxylation is 2. The zero-order chi connectivity index (χ0) is 16.7. The van der Waals surface area contributed by atoms with Gasteiger partial charge in [0, 0.05) is 34.2 Å². The summed E-state index contributed by atoms with van der Waals surface area (Å²) < 4.78 is 2.16. The molecule has 1 fully saturated rings. The van der Waals surface area contributed by atoms with E-state index in [-0.39, 0.29) is 5.37 Å². The van der Waals surface area contributed by atoms with Crippen molar-refractivity contribution in [1.29, 1.82) is 0 Å². The van der Waals surface area contributed by atoms with Gasteiger partial charge in [0.2, 0.25) is 0 Å². The fourth-order valence-electron chi connectivity index (χ4n) is 2.97. The summed E-state index contributed by atoms with van der Waals surface area (Å²) in [5, 5.41) is 12.8. The Hall–Kier alpha value is -1.43. The number of aromatic nitrogens is 1. The summed E-state index contributed by atoms with van der Waals surface area (Å²) in [7, 11) is 0. The van der Waals surface area contributed by atoms with E-state index >= 15 is 0 Å². The van der Waals surface area contributed by atoms with Crippen LogP contribution >= 0.6 is 23.4 Å². The van der Waals surface area contributed by atoms with Crippen molar-refractivity contribution in [3.63, 3.8) is 0 Å². The van der Waals surface area contributed by atoms with Crippen LogP contribution in [0.5, 0.6) is 0 Å². The second-order valence-electron chi connectivity index (χ2n) is 5.85. The SMILES string of the molecule is Cc1ccc(-n2c(C)cc([C@H]3NC[C@H](C(=O)O)S3)c2C)cc1Cl. The zero-order valence-electron chi connectivity index (χ0n) is 13.3. The van der Waals surface area contributed by atoms with E-state index in [2.05, 4.69) is 35.9 Å². The maximum absolute atomic E-state index is 11.1. The van der Waals surface area contributed by atoms with Gasteiger partial charge >= 0.3 is 5.97 Å². The largest absolute Gasteiger partial charge is 0.480 e. The maximum atomic E-state index is 11.1. The van der Waals surface area contributed by atoms with Crippen molar-refractivity contribution in [2.24, 2.45) is 0 Å². The highest BCUT2D eigenvalue weighted by molar-refractivity contribution is 8.01. The van der Waals surface area contributed by atoms with E-state index < -0.39 is 11.2 Å². The first-order chi connectivity index (χ1) is 10.9. The lowest BCUT2D eigenvalue weighted by Crippen LogP contribution is -2.21. The molecule has 122 valence electrons. The fraction of sp³-hybridized carbons (Fsp3) is 0.353. The fourth-order valence-corrected chi connectivity index (χ4v) is 4.36. The molecule has 0 unspecified atom stereocenters. The molecule has 2 N–H and O–H groups in total. The van der Waals surface area contributed by atoms with Crippen LogP contribution in [-0.2, 0) is 4.79 Å². The summed E-state index contributed by atoms with van der Waals surface area (Å²) >= 11 is 7.72. The van der Waals surface area contributed by atoms with Crippen molar-refractivity contribution < 1.29 is 9.90 Å². The Kier molecular flexibility index (Phi) is 4.45. The number of benzene rings is 1. The lowest BCUT2D eigenvalue weighted by atomic mass is 10.2. The van der Waals surface area contributed by atoms with Gasteiger partial charge in [-0.2, -0.15) is 0 Å². The molecule has 1 aliphatic rings. The number of carboxylic acids is 1. The highest BCUT2D eigenvalue weighted by atomic mass is 35.5. The topological polar surface area (TPSA) is 54.3 Å². The van der Waals surface area contributed by atoms with E-state index in [1.165, 1.54) is 11.8 Å². The van der Waals surface area contributed by atoms with Crippen LogP contribution in [-0.4, -0.2) is 27.4 Å². The highest BCUT2D eigenvalue weighted by Gasteiger charge is 2.32. The standard InChI is InChI=1S/C17H19ClN2O2S/c1-9-4-5-12(7-14(9)18)20-10(2)6-13(11(20)3)16-19-8-15(23-16)17(21)22/h4-7,15-16,19H,8H2,1-3H3,(H,21,22)/t15-,16+/m1/s1. The van der Waals surface area contributed by atoms with E-state index in [9.17, 15) is 4.79 Å². The molecule has 2 atom stereocenters. The zero-order valence-corrected chi connectivity index (χ0v) is 14.8. The van der Waals surface area contributed by atoms with Crippen molar-refractivity contribution in [3.05, 3.63) is 51.8 Å². The minimum Gasteiger partial charge on any atom is -0.480 e. The smallest absolute Gasteiger partial charge is 0.318 e. The Morgan fingerprint density at radius 3 is 2.70 bits per heavy atom. The van der Waals surface area contributed by atoms with Crippen LogP contribution in [0.15, 0.2) is 24.3 Å². The second kappa shape index (κ2) is 6.23. The van der Waals surface area contributed by atoms with Gasteiger partial charge in [-0.1, -0.05) is 17.7 Å². The van der Waals surface area contributed by atoms with Gasteiger partial charge < -0.3 is 9.67 Å². The number of halogens is 1. The van der Waals surface area contributed by atoms with Gasteiger partial charge in [-0.15, -0.1) is 11.8 Å². The second-order valence-corrected chi connectivity index (χ2v) is 7.57. The van der Waals surface area contributed by atoms with Crippen LogP contribution < -0.4 is 5.32 Å². The van der Waals surface area contributed by atoms with Crippen molar-refractivity contribution in [3.8, 4) is 5.69 Å². The van der Waals surface area contributed by atoms with Crippen LogP contribution in [0, 0.1) is 20.8 Å². The van der Waals surface area contributed by atoms with E-state index in [0.29, 0.717) is 6.54 Å². The van der Waals surface area contributed by atoms with Crippen LogP contribution in [0.25, 0.3) is 5.69 Å². The molecule has 6 heteroatoms. The normalized spacial score (nSPS) is 20.9. The van der Waals surface area contributed by atoms with Gasteiger partial charge in [0.05, 0.1) is 5.37 Å². The first kappa shape index (κ1) is 16.4. The van der Waals surface area contributed by atoms with Gasteiger partial charge in [-0.05, 0) is 44.5 Å². The first-order valence-electron chi connectivity index (χ1n) is 7.45. The Bertz CT molecular complexity index is 772. The molecule has 0 radical (unpaired) electrons. The number of hydrogen-bond donors (Lipinski definition) is 2. The van der Waals surface area contributed by atoms with Gasteiger partial charge in [0.25, 0.3) is 0 Å². The predicted octanol–water partition coefficient (Wildman–Crippen LogP) is 3.84. The minimum atomic E-state index is -0.760. The number of hydrogen-bond acceptors (Lipinski definition) is 3. The van der Waals surface area contributed by atoms with Crippen molar-refractivity contribution in [2.45, 2.75) is 31.4 Å². The Balaban J connectivity index is 1.97. The van der Waals surface area contributed by atoms with E-state index in [0.717, 1.165) is 33.2 Å². The lowest BCUT2D eigenvalue weighted by molar-refractivity contribution is -0.136. The minimum absolute atomic E-state index is 0.0111. The Morgan fingerprint density at radius 2 is 2.09 bits per heavy atom. The molecule has 1 aromatic heterocycles. The molecule has 0 amide bonds. The number of aliphatic carboxylic acids is 1. The number of nitrogens with zero attached hydrogens (tertiary/aromatic N) is 1. The van der Waals surface area contributed by atoms with Crippen molar-refractivity contribution in [1.82, 2.24) is 9.88 Å². The molecule has 0 bridgehead atoms. The summed E-state index contributed by atoms with van der Waals surface area (Å²) in [6.45, 7) is 6.59. The third kappa shape index (κ3) is 3.01. The molecule has 1 aliphatic heterocycles. The number of nitrogens with one attached hydrogen (secondary N) is 1. The van der Waals surface area contributed by atoms with Gasteiger partial charge in [0.15, 0.2) is 0 Å². The molecule has 23 heavy (non-hydrogen) atoms. The number of thioether (sulfide) groups is 1. The van der Waals surface area contributed by atoms with Crippen molar-refractivity contribution in [2.75, 3.05) is 6.54 Å². The molecule has 2 aromatic rings. The number of carboxylic acid groups (broad SMARTS) is 1. The van der Waals surface area contributed by atoms with E-state index in [1.807, 2.05) is 19.1 Å². The molecule has 1 saturated heterocycles. The summed E-state index contributed by atoms with van der Waals surface area (Å²) in [4.78, 5) is 11.1. The van der Waals surface area contributed by atoms with Crippen molar-refractivity contribution >= 4 is 29.3 Å². The molecular formula is C17H19ClN2O2S. The molecule has 3 rings (SSSR count). The molecule has 0 spiro atoms. The quantitative estimate of drug-likeness (QED) is 0.883. The van der Waals surface area contributed by atoms with Gasteiger partial charge in [-0.3, -0.25) is 10.1 Å². The summed E-state index contributed by atoms with van der Waals surface area (Å²) in [6, 6.07) is 8.16. The third-order valence-electron chi connectivity index (χ3n) is 4.23. The average molecular weight is 351 g/mol. The van der Waals surface area contributed by atoms with E-state index in [1.54, 1.807) is 0 Å². The van der Waals surface area contributed by atoms with Crippen LogP contribution in [0.1, 0.15) is 27.9 Å². The third-order valence-corrected chi connectivity index (χ3v) is 6.03. The monoisotopic (exact) mass is 350 g/mol. The van der Waals surface area contributed by atoms with Crippen LogP contribution in [0.2, 0.25) is 5.02 Å². The number of rotatable bonds is 3. The average Bonchev–Trinajstić information content (AvgIpc) is 3.07. The molecule has 2 heterocycles. The van der Waals surface area contributed by atoms with Crippen LogP contribution in [0.4, 0.5) is 0 Å². The van der Waals surface area contributed by atoms with Crippen LogP contribution in [0.3, 0.4) is 0 Å². The summed E-state index contributed by atoms with van der Waals surface area (Å²) in [5.74, 6) is -0.760. The first-order valence-corrected chi connectivity index (χ1v) is 8.77. The van der Waals surface area contributed by atoms with E-state index in [4.69, 9.17) is 16.7 Å². The molecular weight excluding hydrogens is 332 g/mol. The molecule has 0 saturated carbocycles. The lowest BCUT2D eigenvalue weighted by Gasteiger charge is -2.13. The summed E-state index contributed by atoms with van der Waals surface area (Å²) in [5.41, 5.74) is 5.43. The van der Waals surface area contributed by atoms with Gasteiger partial charge in [0.1, 0.15) is 5.25 Å². The summed E-state index contributed by atoms with van der Waals surface area (Å²) in [6.07, 6.45) is 0. The molecule has 4 nitrogen and oxygen atoms in total. The van der Waals surface area contributed by atoms with Gasteiger partial charge in [-0.25, -0.2) is 0 Å². The predicted molar refractivity (Wildman–Crippen MR) is 94.7 cm³/mol. The Morgan fingerprint density at radius 1 is 1.35 bits per heavy atom. The molecule has 1 aromatic carbocycles.